The molecule has 4 aromatic rings. The van der Waals surface area contributed by atoms with Gasteiger partial charge in [0.2, 0.25) is 0 Å². The van der Waals surface area contributed by atoms with Gasteiger partial charge in [-0.3, -0.25) is 14.2 Å². The maximum Gasteiger partial charge on any atom is 0.266 e. The molecule has 1 aromatic heterocycles. The highest BCUT2D eigenvalue weighted by Gasteiger charge is 2.27. The van der Waals surface area contributed by atoms with E-state index in [2.05, 4.69) is 13.8 Å². The number of methoxy groups -OCH3 is 1. The summed E-state index contributed by atoms with van der Waals surface area (Å²) in [5, 5.41) is 0.544. The van der Waals surface area contributed by atoms with Crippen LogP contribution in [-0.4, -0.2) is 34.0 Å². The number of rotatable bonds is 8. The van der Waals surface area contributed by atoms with Gasteiger partial charge in [-0.25, -0.2) is 4.98 Å². The molecular formula is C29H31N3O3. The summed E-state index contributed by atoms with van der Waals surface area (Å²) in [5.74, 6) is 1.53. The molecule has 3 aromatic carbocycles. The summed E-state index contributed by atoms with van der Waals surface area (Å²) in [6.07, 6.45) is 0.829. The number of aromatic nitrogens is 2. The largest absolute Gasteiger partial charge is 0.497 e. The van der Waals surface area contributed by atoms with Gasteiger partial charge in [-0.15, -0.1) is 0 Å². The van der Waals surface area contributed by atoms with Crippen LogP contribution in [0.1, 0.15) is 49.4 Å². The van der Waals surface area contributed by atoms with E-state index in [1.165, 1.54) is 0 Å². The number of hydrogen-bond acceptors (Lipinski definition) is 4. The molecule has 1 amide bonds. The lowest BCUT2D eigenvalue weighted by molar-refractivity contribution is 0.0671. The van der Waals surface area contributed by atoms with Gasteiger partial charge in [0.1, 0.15) is 11.6 Å². The van der Waals surface area contributed by atoms with Crippen LogP contribution in [0.25, 0.3) is 16.6 Å². The van der Waals surface area contributed by atoms with Crippen molar-refractivity contribution in [1.29, 1.82) is 0 Å². The molecular weight excluding hydrogens is 438 g/mol. The molecule has 0 saturated heterocycles. The fraction of sp³-hybridized carbons (Fsp3) is 0.276. The van der Waals surface area contributed by atoms with Gasteiger partial charge in [0.25, 0.3) is 11.5 Å². The number of carbonyl (C=O) groups is 1. The fourth-order valence-corrected chi connectivity index (χ4v) is 4.16. The van der Waals surface area contributed by atoms with Gasteiger partial charge in [-0.05, 0) is 67.8 Å². The third-order valence-electron chi connectivity index (χ3n) is 6.20. The molecule has 0 saturated carbocycles. The summed E-state index contributed by atoms with van der Waals surface area (Å²) in [4.78, 5) is 34.1. The summed E-state index contributed by atoms with van der Waals surface area (Å²) < 4.78 is 6.89. The SMILES string of the molecule is COc1ccc(C(=O)N(CCC(C)C)C(C)c2nc3ccccc3c(=O)n2-c2ccccc2)cc1. The maximum absolute atomic E-state index is 13.7. The Hall–Kier alpha value is -3.93. The van der Waals surface area contributed by atoms with Gasteiger partial charge in [-0.2, -0.15) is 0 Å². The normalized spacial score (nSPS) is 12.0. The lowest BCUT2D eigenvalue weighted by Crippen LogP contribution is -2.38. The highest BCUT2D eigenvalue weighted by molar-refractivity contribution is 5.94. The topological polar surface area (TPSA) is 64.4 Å². The molecule has 1 heterocycles. The summed E-state index contributed by atoms with van der Waals surface area (Å²) >= 11 is 0. The van der Waals surface area contributed by atoms with Crippen LogP contribution in [0.4, 0.5) is 0 Å². The number of carbonyl (C=O) groups excluding carboxylic acids is 1. The molecule has 6 heteroatoms. The summed E-state index contributed by atoms with van der Waals surface area (Å²) in [6.45, 7) is 6.75. The van der Waals surface area contributed by atoms with E-state index in [9.17, 15) is 9.59 Å². The zero-order chi connectivity index (χ0) is 24.9. The first-order valence-electron chi connectivity index (χ1n) is 11.9. The van der Waals surface area contributed by atoms with Crippen LogP contribution in [0.3, 0.4) is 0 Å². The average Bonchev–Trinajstić information content (AvgIpc) is 2.89. The lowest BCUT2D eigenvalue weighted by Gasteiger charge is -2.31. The van der Waals surface area contributed by atoms with Crippen molar-refractivity contribution in [3.05, 3.63) is 101 Å². The summed E-state index contributed by atoms with van der Waals surface area (Å²) in [6, 6.07) is 23.5. The lowest BCUT2D eigenvalue weighted by atomic mass is 10.1. The second kappa shape index (κ2) is 10.6. The Morgan fingerprint density at radius 2 is 1.60 bits per heavy atom. The second-order valence-corrected chi connectivity index (χ2v) is 9.05. The van der Waals surface area contributed by atoms with E-state index in [0.29, 0.717) is 40.5 Å². The Balaban J connectivity index is 1.86. The minimum absolute atomic E-state index is 0.108. The molecule has 1 atom stereocenters. The molecule has 180 valence electrons. The standard InChI is InChI=1S/C29H31N3O3/c1-20(2)18-19-31(28(33)22-14-16-24(35-4)17-15-22)21(3)27-30-26-13-9-8-12-25(26)29(34)32(27)23-10-6-5-7-11-23/h5-17,20-21H,18-19H2,1-4H3. The van der Waals surface area contributed by atoms with Crippen molar-refractivity contribution in [1.82, 2.24) is 14.5 Å². The van der Waals surface area contributed by atoms with Gasteiger partial charge in [0.15, 0.2) is 0 Å². The van der Waals surface area contributed by atoms with E-state index >= 15 is 0 Å². The summed E-state index contributed by atoms with van der Waals surface area (Å²) in [7, 11) is 1.60. The predicted octanol–water partition coefficient (Wildman–Crippen LogP) is 5.64. The van der Waals surface area contributed by atoms with E-state index in [1.54, 1.807) is 42.0 Å². The van der Waals surface area contributed by atoms with Crippen LogP contribution in [0.5, 0.6) is 5.75 Å². The number of benzene rings is 3. The number of fused-ring (bicyclic) bond motifs is 1. The minimum Gasteiger partial charge on any atom is -0.497 e. The van der Waals surface area contributed by atoms with Crippen molar-refractivity contribution in [2.75, 3.05) is 13.7 Å². The average molecular weight is 470 g/mol. The smallest absolute Gasteiger partial charge is 0.266 e. The summed E-state index contributed by atoms with van der Waals surface area (Å²) in [5.41, 5.74) is 1.76. The number of hydrogen-bond donors (Lipinski definition) is 0. The van der Waals surface area contributed by atoms with Crippen molar-refractivity contribution in [2.24, 2.45) is 5.92 Å². The monoisotopic (exact) mass is 469 g/mol. The Bertz CT molecular complexity index is 1360. The third kappa shape index (κ3) is 5.11. The molecule has 0 bridgehead atoms. The van der Waals surface area contributed by atoms with Gasteiger partial charge >= 0.3 is 0 Å². The van der Waals surface area contributed by atoms with Crippen LogP contribution in [0.2, 0.25) is 0 Å². The molecule has 0 spiro atoms. The molecule has 0 aliphatic heterocycles. The molecule has 0 aliphatic rings. The molecule has 0 fully saturated rings. The third-order valence-corrected chi connectivity index (χ3v) is 6.20. The zero-order valence-corrected chi connectivity index (χ0v) is 20.6. The first-order valence-corrected chi connectivity index (χ1v) is 11.9. The Morgan fingerprint density at radius 1 is 0.943 bits per heavy atom. The van der Waals surface area contributed by atoms with Gasteiger partial charge in [0.05, 0.1) is 29.7 Å². The van der Waals surface area contributed by atoms with Gasteiger partial charge in [-0.1, -0.05) is 44.2 Å². The van der Waals surface area contributed by atoms with E-state index < -0.39 is 6.04 Å². The van der Waals surface area contributed by atoms with E-state index in [1.807, 2.05) is 60.4 Å². The molecule has 35 heavy (non-hydrogen) atoms. The highest BCUT2D eigenvalue weighted by atomic mass is 16.5. The van der Waals surface area contributed by atoms with Gasteiger partial charge in [0, 0.05) is 12.1 Å². The Kier molecular flexibility index (Phi) is 7.30. The molecule has 1 unspecified atom stereocenters. The zero-order valence-electron chi connectivity index (χ0n) is 20.6. The van der Waals surface area contributed by atoms with Crippen molar-refractivity contribution in [3.8, 4) is 11.4 Å². The molecule has 6 nitrogen and oxygen atoms in total. The second-order valence-electron chi connectivity index (χ2n) is 9.05. The van der Waals surface area contributed by atoms with Crippen LogP contribution in [0.15, 0.2) is 83.7 Å². The number of nitrogens with zero attached hydrogens (tertiary/aromatic N) is 3. The number of ether oxygens (including phenoxy) is 1. The molecule has 4 rings (SSSR count). The van der Waals surface area contributed by atoms with Crippen LogP contribution in [0, 0.1) is 5.92 Å². The van der Waals surface area contributed by atoms with E-state index in [-0.39, 0.29) is 11.5 Å². The molecule has 0 radical (unpaired) electrons. The Labute approximate surface area is 205 Å². The maximum atomic E-state index is 13.7. The number of para-hydroxylation sites is 2. The van der Waals surface area contributed by atoms with Crippen LogP contribution >= 0.6 is 0 Å². The highest BCUT2D eigenvalue weighted by Crippen LogP contribution is 2.26. The Morgan fingerprint density at radius 3 is 2.26 bits per heavy atom. The quantitative estimate of drug-likeness (QED) is 0.335. The van der Waals surface area contributed by atoms with Crippen molar-refractivity contribution in [3.63, 3.8) is 0 Å². The number of amides is 1. The van der Waals surface area contributed by atoms with E-state index in [0.717, 1.165) is 12.1 Å². The van der Waals surface area contributed by atoms with Crippen molar-refractivity contribution in [2.45, 2.75) is 33.2 Å². The molecule has 0 N–H and O–H groups in total. The fourth-order valence-electron chi connectivity index (χ4n) is 4.16. The van der Waals surface area contributed by atoms with E-state index in [4.69, 9.17) is 9.72 Å². The predicted molar refractivity (Wildman–Crippen MR) is 139 cm³/mol. The van der Waals surface area contributed by atoms with Crippen molar-refractivity contribution >= 4 is 16.8 Å². The first kappa shape index (κ1) is 24.2. The first-order chi connectivity index (χ1) is 16.9. The van der Waals surface area contributed by atoms with Crippen LogP contribution < -0.4 is 10.3 Å². The molecule has 0 aliphatic carbocycles. The van der Waals surface area contributed by atoms with Crippen LogP contribution in [-0.2, 0) is 0 Å². The van der Waals surface area contributed by atoms with Crippen molar-refractivity contribution < 1.29 is 9.53 Å². The minimum atomic E-state index is -0.444. The van der Waals surface area contributed by atoms with Gasteiger partial charge < -0.3 is 9.64 Å².